The van der Waals surface area contributed by atoms with Crippen molar-refractivity contribution in [2.45, 2.75) is 44.6 Å². The van der Waals surface area contributed by atoms with Gasteiger partial charge in [-0.05, 0) is 44.6 Å². The summed E-state index contributed by atoms with van der Waals surface area (Å²) < 4.78 is 1.61. The lowest BCUT2D eigenvalue weighted by atomic mass is 9.91. The van der Waals surface area contributed by atoms with E-state index in [1.807, 2.05) is 17.9 Å². The van der Waals surface area contributed by atoms with Crippen molar-refractivity contribution in [1.29, 1.82) is 0 Å². The number of carbonyl (C=O) groups is 1. The van der Waals surface area contributed by atoms with Gasteiger partial charge >= 0.3 is 0 Å². The second kappa shape index (κ2) is 5.98. The molecule has 7 nitrogen and oxygen atoms in total. The highest BCUT2D eigenvalue weighted by Crippen LogP contribution is 2.40. The van der Waals surface area contributed by atoms with E-state index in [0.29, 0.717) is 35.0 Å². The minimum absolute atomic E-state index is 0.0650. The summed E-state index contributed by atoms with van der Waals surface area (Å²) >= 11 is 0. The number of aromatic nitrogens is 3. The molecule has 134 valence electrons. The van der Waals surface area contributed by atoms with Gasteiger partial charge in [0.25, 0.3) is 11.5 Å². The molecular weight excluding hydrogens is 318 g/mol. The lowest BCUT2D eigenvalue weighted by Crippen LogP contribution is -2.45. The van der Waals surface area contributed by atoms with Crippen LogP contribution in [0.4, 0.5) is 0 Å². The van der Waals surface area contributed by atoms with Gasteiger partial charge in [-0.3, -0.25) is 19.4 Å². The molecule has 2 aliphatic rings. The molecule has 3 heterocycles. The lowest BCUT2D eigenvalue weighted by molar-refractivity contribution is 0.0662. The van der Waals surface area contributed by atoms with Gasteiger partial charge in [0.1, 0.15) is 0 Å². The molecule has 0 bridgehead atoms. The zero-order chi connectivity index (χ0) is 17.7. The van der Waals surface area contributed by atoms with Crippen LogP contribution in [-0.2, 0) is 7.05 Å². The van der Waals surface area contributed by atoms with E-state index < -0.39 is 0 Å². The monoisotopic (exact) mass is 343 g/mol. The van der Waals surface area contributed by atoms with Crippen molar-refractivity contribution in [3.05, 3.63) is 27.7 Å². The predicted octanol–water partition coefficient (Wildman–Crippen LogP) is 1.34. The Morgan fingerprint density at radius 1 is 1.40 bits per heavy atom. The number of fused-ring (bicyclic) bond motifs is 1. The van der Waals surface area contributed by atoms with Crippen molar-refractivity contribution in [2.75, 3.05) is 13.1 Å². The third-order valence-electron chi connectivity index (χ3n) is 5.55. The van der Waals surface area contributed by atoms with E-state index in [0.717, 1.165) is 37.9 Å². The van der Waals surface area contributed by atoms with Crippen molar-refractivity contribution < 1.29 is 4.79 Å². The van der Waals surface area contributed by atoms with Crippen LogP contribution in [0.1, 0.15) is 54.6 Å². The highest BCUT2D eigenvalue weighted by Gasteiger charge is 2.31. The second-order valence-corrected chi connectivity index (χ2v) is 7.58. The quantitative estimate of drug-likeness (QED) is 0.879. The number of nitrogens with two attached hydrogens (primary N) is 1. The molecule has 2 atom stereocenters. The van der Waals surface area contributed by atoms with Crippen LogP contribution in [0, 0.1) is 5.92 Å². The molecule has 0 radical (unpaired) electrons. The highest BCUT2D eigenvalue weighted by atomic mass is 16.2. The van der Waals surface area contributed by atoms with Crippen molar-refractivity contribution in [1.82, 2.24) is 19.7 Å². The fourth-order valence-electron chi connectivity index (χ4n) is 3.83. The van der Waals surface area contributed by atoms with Crippen molar-refractivity contribution >= 4 is 16.9 Å². The van der Waals surface area contributed by atoms with Crippen molar-refractivity contribution in [3.63, 3.8) is 0 Å². The summed E-state index contributed by atoms with van der Waals surface area (Å²) in [5, 5.41) is 3.14. The zero-order valence-electron chi connectivity index (χ0n) is 14.8. The predicted molar refractivity (Wildman–Crippen MR) is 95.6 cm³/mol. The summed E-state index contributed by atoms with van der Waals surface area (Å²) in [6.07, 6.45) is 4.20. The number of hydrogen-bond donors (Lipinski definition) is 2. The maximum absolute atomic E-state index is 13.2. The van der Waals surface area contributed by atoms with Gasteiger partial charge in [-0.2, -0.15) is 0 Å². The first-order chi connectivity index (χ1) is 12.0. The Morgan fingerprint density at radius 2 is 2.16 bits per heavy atom. The molecule has 1 saturated carbocycles. The van der Waals surface area contributed by atoms with Crippen LogP contribution in [0.2, 0.25) is 0 Å². The molecule has 2 aromatic rings. The van der Waals surface area contributed by atoms with Crippen LogP contribution >= 0.6 is 0 Å². The number of H-pyrrole nitrogens is 1. The molecule has 1 aliphatic carbocycles. The first kappa shape index (κ1) is 16.3. The minimum Gasteiger partial charge on any atom is -0.338 e. The number of pyridine rings is 1. The van der Waals surface area contributed by atoms with Crippen LogP contribution in [0.3, 0.4) is 0 Å². The van der Waals surface area contributed by atoms with Gasteiger partial charge in [0.2, 0.25) is 0 Å². The number of carbonyl (C=O) groups excluding carboxylic acids is 1. The van der Waals surface area contributed by atoms with Crippen LogP contribution in [0.5, 0.6) is 0 Å². The fourth-order valence-corrected chi connectivity index (χ4v) is 3.83. The standard InChI is InChI=1S/C18H25N5O2/c1-10(19)12-4-3-7-23(9-12)18(25)13-8-14(11-5-6-11)20-16-15(13)17(24)21-22(16)2/h8,10-12H,3-7,9,19H2,1-2H3,(H,21,24)/t10-,12+/m0/s1. The molecule has 0 aromatic carbocycles. The second-order valence-electron chi connectivity index (χ2n) is 7.58. The molecule has 2 aromatic heterocycles. The summed E-state index contributed by atoms with van der Waals surface area (Å²) in [6, 6.07) is 1.91. The first-order valence-electron chi connectivity index (χ1n) is 9.10. The van der Waals surface area contributed by atoms with E-state index in [1.54, 1.807) is 11.7 Å². The van der Waals surface area contributed by atoms with E-state index in [4.69, 9.17) is 5.73 Å². The maximum atomic E-state index is 13.2. The topological polar surface area (TPSA) is 97.0 Å². The molecule has 0 unspecified atom stereocenters. The van der Waals surface area contributed by atoms with E-state index in [1.165, 1.54) is 0 Å². The van der Waals surface area contributed by atoms with E-state index in [2.05, 4.69) is 10.1 Å². The lowest BCUT2D eigenvalue weighted by Gasteiger charge is -2.34. The SMILES string of the molecule is C[C@H](N)[C@@H]1CCCN(C(=O)c2cc(C3CC3)nc3c2c(=O)[nH]n3C)C1. The molecule has 3 N–H and O–H groups in total. The molecule has 1 saturated heterocycles. The normalized spacial score (nSPS) is 22.4. The number of aromatic amines is 1. The number of hydrogen-bond acceptors (Lipinski definition) is 4. The van der Waals surface area contributed by atoms with Gasteiger partial charge in [-0.25, -0.2) is 4.98 Å². The van der Waals surface area contributed by atoms with Crippen molar-refractivity contribution in [2.24, 2.45) is 18.7 Å². The Balaban J connectivity index is 1.77. The van der Waals surface area contributed by atoms with Crippen LogP contribution in [0.15, 0.2) is 10.9 Å². The summed E-state index contributed by atoms with van der Waals surface area (Å²) in [6.45, 7) is 3.37. The average Bonchev–Trinajstić information content (AvgIpc) is 3.41. The molecule has 0 spiro atoms. The van der Waals surface area contributed by atoms with Gasteiger partial charge < -0.3 is 10.6 Å². The van der Waals surface area contributed by atoms with E-state index in [9.17, 15) is 9.59 Å². The molecule has 1 amide bonds. The smallest absolute Gasteiger partial charge is 0.274 e. The number of aryl methyl sites for hydroxylation is 1. The van der Waals surface area contributed by atoms with Gasteiger partial charge in [-0.15, -0.1) is 0 Å². The Morgan fingerprint density at radius 3 is 2.84 bits per heavy atom. The third kappa shape index (κ3) is 2.86. The summed E-state index contributed by atoms with van der Waals surface area (Å²) in [5.74, 6) is 0.655. The molecule has 2 fully saturated rings. The molecule has 4 rings (SSSR count). The van der Waals surface area contributed by atoms with Crippen LogP contribution in [0.25, 0.3) is 11.0 Å². The number of nitrogens with one attached hydrogen (secondary N) is 1. The summed E-state index contributed by atoms with van der Waals surface area (Å²) in [4.78, 5) is 32.1. The maximum Gasteiger partial charge on any atom is 0.274 e. The minimum atomic E-state index is -0.253. The third-order valence-corrected chi connectivity index (χ3v) is 5.55. The van der Waals surface area contributed by atoms with Crippen LogP contribution in [-0.4, -0.2) is 44.7 Å². The van der Waals surface area contributed by atoms with Crippen LogP contribution < -0.4 is 11.3 Å². The Bertz CT molecular complexity index is 877. The van der Waals surface area contributed by atoms with Gasteiger partial charge in [-0.1, -0.05) is 0 Å². The summed E-state index contributed by atoms with van der Waals surface area (Å²) in [5.41, 5.74) is 7.77. The fraction of sp³-hybridized carbons (Fsp3) is 0.611. The molecule has 1 aliphatic heterocycles. The first-order valence-corrected chi connectivity index (χ1v) is 9.10. The molecular formula is C18H25N5O2. The van der Waals surface area contributed by atoms with E-state index >= 15 is 0 Å². The highest BCUT2D eigenvalue weighted by molar-refractivity contribution is 6.05. The van der Waals surface area contributed by atoms with E-state index in [-0.39, 0.29) is 17.5 Å². The largest absolute Gasteiger partial charge is 0.338 e. The Hall–Kier alpha value is -2.15. The Labute approximate surface area is 146 Å². The molecule has 7 heteroatoms. The number of piperidine rings is 1. The van der Waals surface area contributed by atoms with Gasteiger partial charge in [0, 0.05) is 37.8 Å². The number of amides is 1. The summed E-state index contributed by atoms with van der Waals surface area (Å²) in [7, 11) is 1.76. The van der Waals surface area contributed by atoms with Crippen molar-refractivity contribution in [3.8, 4) is 0 Å². The number of rotatable bonds is 3. The van der Waals surface area contributed by atoms with Gasteiger partial charge in [0.15, 0.2) is 5.65 Å². The molecule has 25 heavy (non-hydrogen) atoms. The van der Waals surface area contributed by atoms with Gasteiger partial charge in [0.05, 0.1) is 10.9 Å². The number of nitrogens with zero attached hydrogens (tertiary/aromatic N) is 3. The average molecular weight is 343 g/mol. The Kier molecular flexibility index (Phi) is 3.91. The number of likely N-dealkylation sites (tertiary alicyclic amines) is 1. The zero-order valence-corrected chi connectivity index (χ0v) is 14.8.